The van der Waals surface area contributed by atoms with Gasteiger partial charge in [-0.1, -0.05) is 23.2 Å². The molecule has 65 valence electrons. The van der Waals surface area contributed by atoms with Gasteiger partial charge in [0.15, 0.2) is 0 Å². The maximum absolute atomic E-state index is 12.0. The summed E-state index contributed by atoms with van der Waals surface area (Å²) in [5, 5.41) is -0.862. The molecular formula is C6HCl2F3N. The summed E-state index contributed by atoms with van der Waals surface area (Å²) in [5.74, 6) is 0. The first-order chi connectivity index (χ1) is 5.41. The molecule has 0 saturated heterocycles. The van der Waals surface area contributed by atoms with E-state index in [1.807, 2.05) is 6.07 Å². The summed E-state index contributed by atoms with van der Waals surface area (Å²) in [6, 6.07) is 1.81. The second kappa shape index (κ2) is 3.11. The second-order valence-electron chi connectivity index (χ2n) is 1.89. The lowest BCUT2D eigenvalue weighted by atomic mass is 10.3. The van der Waals surface area contributed by atoms with Gasteiger partial charge in [-0.15, -0.1) is 0 Å². The molecule has 0 spiro atoms. The van der Waals surface area contributed by atoms with E-state index in [1.54, 1.807) is 0 Å². The standard InChI is InChI=1S/C6HCl2F3N/c7-4-2-12-5(8)1-3(4)6(9,10)11/h2H. The van der Waals surface area contributed by atoms with E-state index in [4.69, 9.17) is 23.2 Å². The van der Waals surface area contributed by atoms with Gasteiger partial charge in [-0.05, 0) is 0 Å². The molecule has 1 aromatic heterocycles. The number of aromatic nitrogens is 1. The Labute approximate surface area is 76.1 Å². The van der Waals surface area contributed by atoms with Crippen LogP contribution < -0.4 is 0 Å². The Hall–Kier alpha value is -0.480. The maximum Gasteiger partial charge on any atom is 0.418 e. The van der Waals surface area contributed by atoms with E-state index < -0.39 is 16.8 Å². The predicted molar refractivity (Wildman–Crippen MR) is 38.1 cm³/mol. The van der Waals surface area contributed by atoms with Crippen molar-refractivity contribution < 1.29 is 13.2 Å². The highest BCUT2D eigenvalue weighted by Gasteiger charge is 2.33. The molecule has 12 heavy (non-hydrogen) atoms. The monoisotopic (exact) mass is 214 g/mol. The van der Waals surface area contributed by atoms with Gasteiger partial charge in [0.2, 0.25) is 0 Å². The summed E-state index contributed by atoms with van der Waals surface area (Å²) < 4.78 is 36.1. The SMILES string of the molecule is FC(F)(F)c1[c]c(Cl)ncc1Cl. The Bertz CT molecular complexity index is 297. The second-order valence-corrected chi connectivity index (χ2v) is 2.66. The fourth-order valence-electron chi connectivity index (χ4n) is 0.579. The van der Waals surface area contributed by atoms with Gasteiger partial charge in [0.25, 0.3) is 0 Å². The zero-order valence-electron chi connectivity index (χ0n) is 5.41. The van der Waals surface area contributed by atoms with Crippen LogP contribution in [0.2, 0.25) is 10.2 Å². The van der Waals surface area contributed by atoms with Gasteiger partial charge in [-0.3, -0.25) is 0 Å². The van der Waals surface area contributed by atoms with Crippen molar-refractivity contribution >= 4 is 23.2 Å². The van der Waals surface area contributed by atoms with Gasteiger partial charge < -0.3 is 0 Å². The molecule has 0 aliphatic heterocycles. The highest BCUT2D eigenvalue weighted by molar-refractivity contribution is 6.32. The fraction of sp³-hybridized carbons (Fsp3) is 0.167. The van der Waals surface area contributed by atoms with Crippen molar-refractivity contribution in [3.05, 3.63) is 28.0 Å². The van der Waals surface area contributed by atoms with Gasteiger partial charge in [-0.2, -0.15) is 13.2 Å². The summed E-state index contributed by atoms with van der Waals surface area (Å²) in [4.78, 5) is 3.33. The number of hydrogen-bond acceptors (Lipinski definition) is 1. The van der Waals surface area contributed by atoms with Crippen molar-refractivity contribution in [1.29, 1.82) is 0 Å². The first kappa shape index (κ1) is 9.61. The number of alkyl halides is 3. The van der Waals surface area contributed by atoms with Gasteiger partial charge in [-0.25, -0.2) is 4.98 Å². The Balaban J connectivity index is 3.23. The van der Waals surface area contributed by atoms with E-state index in [9.17, 15) is 13.2 Å². The van der Waals surface area contributed by atoms with E-state index in [-0.39, 0.29) is 5.15 Å². The fourth-order valence-corrected chi connectivity index (χ4v) is 0.926. The minimum Gasteiger partial charge on any atom is -0.242 e. The van der Waals surface area contributed by atoms with Crippen LogP contribution in [0.3, 0.4) is 0 Å². The van der Waals surface area contributed by atoms with Crippen molar-refractivity contribution in [2.75, 3.05) is 0 Å². The van der Waals surface area contributed by atoms with E-state index in [1.165, 1.54) is 0 Å². The van der Waals surface area contributed by atoms with Crippen LogP contribution in [0.15, 0.2) is 6.20 Å². The summed E-state index contributed by atoms with van der Waals surface area (Å²) in [7, 11) is 0. The molecule has 0 unspecified atom stereocenters. The van der Waals surface area contributed by atoms with Crippen LogP contribution >= 0.6 is 23.2 Å². The minimum atomic E-state index is -4.54. The number of rotatable bonds is 0. The molecule has 1 aromatic rings. The van der Waals surface area contributed by atoms with Crippen LogP contribution in [0, 0.1) is 6.07 Å². The molecule has 0 aromatic carbocycles. The quantitative estimate of drug-likeness (QED) is 0.605. The lowest BCUT2D eigenvalue weighted by Gasteiger charge is -2.06. The topological polar surface area (TPSA) is 12.9 Å². The predicted octanol–water partition coefficient (Wildman–Crippen LogP) is 3.21. The number of halogens is 5. The van der Waals surface area contributed by atoms with Crippen molar-refractivity contribution in [2.45, 2.75) is 6.18 Å². The van der Waals surface area contributed by atoms with Crippen LogP contribution in [0.4, 0.5) is 13.2 Å². The molecule has 1 nitrogen and oxygen atoms in total. The van der Waals surface area contributed by atoms with Crippen molar-refractivity contribution in [3.8, 4) is 0 Å². The number of nitrogens with zero attached hydrogens (tertiary/aromatic N) is 1. The highest BCUT2D eigenvalue weighted by atomic mass is 35.5. The van der Waals surface area contributed by atoms with Crippen molar-refractivity contribution in [3.63, 3.8) is 0 Å². The molecule has 0 aliphatic rings. The zero-order chi connectivity index (χ0) is 9.35. The van der Waals surface area contributed by atoms with Crippen LogP contribution in [0.25, 0.3) is 0 Å². The molecule has 0 bridgehead atoms. The Kier molecular flexibility index (Phi) is 2.49. The molecule has 0 atom stereocenters. The Morgan fingerprint density at radius 1 is 1.33 bits per heavy atom. The molecule has 0 fully saturated rings. The van der Waals surface area contributed by atoms with E-state index in [2.05, 4.69) is 4.98 Å². The van der Waals surface area contributed by atoms with Gasteiger partial charge in [0.05, 0.1) is 10.6 Å². The summed E-state index contributed by atoms with van der Waals surface area (Å²) in [6.45, 7) is 0. The molecule has 1 rings (SSSR count). The van der Waals surface area contributed by atoms with E-state index >= 15 is 0 Å². The number of pyridine rings is 1. The third-order valence-corrected chi connectivity index (χ3v) is 1.52. The third-order valence-electron chi connectivity index (χ3n) is 1.04. The maximum atomic E-state index is 12.0. The summed E-state index contributed by atoms with van der Waals surface area (Å²) in [5.41, 5.74) is -1.09. The molecule has 0 amide bonds. The molecule has 0 aliphatic carbocycles. The van der Waals surface area contributed by atoms with E-state index in [0.29, 0.717) is 0 Å². The smallest absolute Gasteiger partial charge is 0.242 e. The number of hydrogen-bond donors (Lipinski definition) is 0. The molecule has 0 N–H and O–H groups in total. The van der Waals surface area contributed by atoms with Crippen LogP contribution in [0.1, 0.15) is 5.56 Å². The average Bonchev–Trinajstić information content (AvgIpc) is 1.92. The van der Waals surface area contributed by atoms with Crippen molar-refractivity contribution in [2.24, 2.45) is 0 Å². The van der Waals surface area contributed by atoms with E-state index in [0.717, 1.165) is 6.20 Å². The van der Waals surface area contributed by atoms with Crippen LogP contribution in [-0.2, 0) is 6.18 Å². The van der Waals surface area contributed by atoms with Crippen LogP contribution in [0.5, 0.6) is 0 Å². The van der Waals surface area contributed by atoms with Crippen LogP contribution in [-0.4, -0.2) is 4.98 Å². The third kappa shape index (κ3) is 2.01. The molecule has 1 radical (unpaired) electrons. The normalized spacial score (nSPS) is 11.8. The lowest BCUT2D eigenvalue weighted by Crippen LogP contribution is -2.06. The molecule has 6 heteroatoms. The van der Waals surface area contributed by atoms with Gasteiger partial charge in [0.1, 0.15) is 5.15 Å². The molecule has 1 heterocycles. The zero-order valence-corrected chi connectivity index (χ0v) is 6.93. The first-order valence-electron chi connectivity index (χ1n) is 2.72. The highest BCUT2D eigenvalue weighted by Crippen LogP contribution is 2.34. The first-order valence-corrected chi connectivity index (χ1v) is 3.47. The molecular weight excluding hydrogens is 214 g/mol. The molecule has 0 saturated carbocycles. The average molecular weight is 215 g/mol. The largest absolute Gasteiger partial charge is 0.418 e. The Morgan fingerprint density at radius 2 is 1.92 bits per heavy atom. The summed E-state index contributed by atoms with van der Waals surface area (Å²) >= 11 is 10.4. The Morgan fingerprint density at radius 3 is 2.33 bits per heavy atom. The van der Waals surface area contributed by atoms with Crippen molar-refractivity contribution in [1.82, 2.24) is 4.98 Å². The summed E-state index contributed by atoms with van der Waals surface area (Å²) in [6.07, 6.45) is -3.70. The van der Waals surface area contributed by atoms with Gasteiger partial charge in [0, 0.05) is 12.3 Å². The lowest BCUT2D eigenvalue weighted by molar-refractivity contribution is -0.137. The van der Waals surface area contributed by atoms with Gasteiger partial charge >= 0.3 is 6.18 Å². The minimum absolute atomic E-state index is 0.355.